The lowest BCUT2D eigenvalue weighted by Crippen LogP contribution is -1.84. The topological polar surface area (TPSA) is 77.3 Å². The summed E-state index contributed by atoms with van der Waals surface area (Å²) >= 11 is 0. The summed E-state index contributed by atoms with van der Waals surface area (Å²) < 4.78 is 0. The fraction of sp³-hybridized carbons (Fsp3) is 0. The first kappa shape index (κ1) is 10.9. The highest BCUT2D eigenvalue weighted by Crippen LogP contribution is 2.27. The number of rotatable bonds is 1. The standard InChI is InChI=1S/C14H8N6/c1-2-7-15-11(3-1)9-6-8-16-18-13-10(9)4-5-12-14(13)19-20-17-12/h1-8H. The van der Waals surface area contributed by atoms with E-state index in [2.05, 4.69) is 30.6 Å². The van der Waals surface area contributed by atoms with Crippen LogP contribution in [-0.4, -0.2) is 30.6 Å². The Morgan fingerprint density at radius 1 is 0.750 bits per heavy atom. The molecule has 94 valence electrons. The van der Waals surface area contributed by atoms with Crippen molar-refractivity contribution in [3.63, 3.8) is 0 Å². The monoisotopic (exact) mass is 260 g/mol. The number of aromatic nitrogens is 6. The number of fused-ring (bicyclic) bond motifs is 3. The molecule has 3 aromatic heterocycles. The first-order valence-electron chi connectivity index (χ1n) is 6.08. The van der Waals surface area contributed by atoms with Gasteiger partial charge in [-0.05, 0) is 35.5 Å². The van der Waals surface area contributed by atoms with Crippen molar-refractivity contribution in [2.24, 2.45) is 0 Å². The molecule has 0 aliphatic heterocycles. The Bertz CT molecular complexity index is 907. The average Bonchev–Trinajstić information content (AvgIpc) is 2.87. The van der Waals surface area contributed by atoms with Crippen LogP contribution < -0.4 is 0 Å². The average molecular weight is 260 g/mol. The molecule has 0 spiro atoms. The Morgan fingerprint density at radius 2 is 1.75 bits per heavy atom. The predicted molar refractivity (Wildman–Crippen MR) is 73.7 cm³/mol. The second-order valence-electron chi connectivity index (χ2n) is 4.28. The molecule has 4 rings (SSSR count). The minimum atomic E-state index is 0.656. The fourth-order valence-electron chi connectivity index (χ4n) is 2.22. The summed E-state index contributed by atoms with van der Waals surface area (Å²) in [6.07, 6.45) is 3.41. The number of benzene rings is 1. The van der Waals surface area contributed by atoms with Crippen molar-refractivity contribution in [2.45, 2.75) is 0 Å². The van der Waals surface area contributed by atoms with Crippen molar-refractivity contribution in [3.8, 4) is 11.3 Å². The van der Waals surface area contributed by atoms with Gasteiger partial charge in [0.05, 0.1) is 11.9 Å². The van der Waals surface area contributed by atoms with Crippen molar-refractivity contribution in [1.82, 2.24) is 30.6 Å². The van der Waals surface area contributed by atoms with E-state index < -0.39 is 0 Å². The van der Waals surface area contributed by atoms with Crippen molar-refractivity contribution in [2.75, 3.05) is 0 Å². The maximum Gasteiger partial charge on any atom is 0.143 e. The Morgan fingerprint density at radius 3 is 2.65 bits per heavy atom. The van der Waals surface area contributed by atoms with Gasteiger partial charge in [-0.1, -0.05) is 6.07 Å². The molecule has 0 fully saturated rings. The van der Waals surface area contributed by atoms with Crippen molar-refractivity contribution in [1.29, 1.82) is 0 Å². The highest BCUT2D eigenvalue weighted by atomic mass is 15.3. The molecule has 4 aromatic rings. The van der Waals surface area contributed by atoms with E-state index >= 15 is 0 Å². The molecule has 0 atom stereocenters. The van der Waals surface area contributed by atoms with Gasteiger partial charge in [0.2, 0.25) is 0 Å². The van der Waals surface area contributed by atoms with Gasteiger partial charge in [-0.25, -0.2) is 0 Å². The quantitative estimate of drug-likeness (QED) is 0.521. The van der Waals surface area contributed by atoms with E-state index in [4.69, 9.17) is 0 Å². The lowest BCUT2D eigenvalue weighted by atomic mass is 10.1. The van der Waals surface area contributed by atoms with Crippen LogP contribution in [0.1, 0.15) is 0 Å². The molecule has 0 aliphatic rings. The summed E-state index contributed by atoms with van der Waals surface area (Å²) in [7, 11) is 0. The van der Waals surface area contributed by atoms with Gasteiger partial charge >= 0.3 is 0 Å². The van der Waals surface area contributed by atoms with Crippen LogP contribution in [0.25, 0.3) is 33.2 Å². The molecule has 0 aliphatic carbocycles. The Labute approximate surface area is 113 Å². The summed E-state index contributed by atoms with van der Waals surface area (Å²) in [4.78, 5) is 4.39. The number of pyridine rings is 1. The molecule has 3 heterocycles. The third kappa shape index (κ3) is 1.58. The third-order valence-electron chi connectivity index (χ3n) is 3.12. The van der Waals surface area contributed by atoms with Gasteiger partial charge in [0.25, 0.3) is 0 Å². The minimum absolute atomic E-state index is 0.656. The van der Waals surface area contributed by atoms with E-state index in [-0.39, 0.29) is 0 Å². The van der Waals surface area contributed by atoms with E-state index in [1.807, 2.05) is 36.4 Å². The molecule has 0 amide bonds. The maximum absolute atomic E-state index is 4.39. The molecule has 0 bridgehead atoms. The Balaban J connectivity index is 2.17. The minimum Gasteiger partial charge on any atom is -0.256 e. The molecule has 1 aromatic carbocycles. The molecule has 0 unspecified atom stereocenters. The van der Waals surface area contributed by atoms with E-state index in [1.165, 1.54) is 0 Å². The summed E-state index contributed by atoms with van der Waals surface area (Å²) in [6.45, 7) is 0. The lowest BCUT2D eigenvalue weighted by molar-refractivity contribution is 0.959. The first-order chi connectivity index (χ1) is 9.93. The zero-order chi connectivity index (χ0) is 13.4. The van der Waals surface area contributed by atoms with Crippen LogP contribution >= 0.6 is 0 Å². The fourth-order valence-corrected chi connectivity index (χ4v) is 2.22. The van der Waals surface area contributed by atoms with Gasteiger partial charge in [0, 0.05) is 17.1 Å². The van der Waals surface area contributed by atoms with E-state index in [0.717, 1.165) is 16.6 Å². The Kier molecular flexibility index (Phi) is 2.32. The van der Waals surface area contributed by atoms with E-state index in [1.54, 1.807) is 12.4 Å². The molecule has 6 nitrogen and oxygen atoms in total. The zero-order valence-electron chi connectivity index (χ0n) is 10.3. The van der Waals surface area contributed by atoms with Crippen LogP contribution in [0.4, 0.5) is 0 Å². The van der Waals surface area contributed by atoms with Crippen LogP contribution in [-0.2, 0) is 0 Å². The van der Waals surface area contributed by atoms with Crippen molar-refractivity contribution in [3.05, 3.63) is 48.8 Å². The third-order valence-corrected chi connectivity index (χ3v) is 3.12. The summed E-state index contributed by atoms with van der Waals surface area (Å²) in [6, 6.07) is 11.5. The van der Waals surface area contributed by atoms with Gasteiger partial charge in [0.15, 0.2) is 0 Å². The van der Waals surface area contributed by atoms with Crippen molar-refractivity contribution < 1.29 is 0 Å². The number of hydrogen-bond acceptors (Lipinski definition) is 6. The van der Waals surface area contributed by atoms with Crippen LogP contribution in [0.3, 0.4) is 0 Å². The van der Waals surface area contributed by atoms with Gasteiger partial charge in [-0.3, -0.25) is 4.98 Å². The van der Waals surface area contributed by atoms with Gasteiger partial charge < -0.3 is 0 Å². The SMILES string of the molecule is c1ccc(-c2ccnnc3c2ccc2nnnc23)nc1. The molecule has 0 saturated heterocycles. The highest BCUT2D eigenvalue weighted by molar-refractivity contribution is 6.05. The summed E-state index contributed by atoms with van der Waals surface area (Å²) in [5.74, 6) is 0. The van der Waals surface area contributed by atoms with Crippen LogP contribution in [0.5, 0.6) is 0 Å². The lowest BCUT2D eigenvalue weighted by Gasteiger charge is -2.01. The Hall–Kier alpha value is -3.02. The van der Waals surface area contributed by atoms with Crippen molar-refractivity contribution >= 4 is 21.9 Å². The predicted octanol–water partition coefficient (Wildman–Crippen LogP) is 2.03. The highest BCUT2D eigenvalue weighted by Gasteiger charge is 2.10. The summed E-state index contributed by atoms with van der Waals surface area (Å²) in [5.41, 5.74) is 3.87. The number of nitrogens with zero attached hydrogens (tertiary/aromatic N) is 6. The summed E-state index contributed by atoms with van der Waals surface area (Å²) in [5, 5.41) is 20.8. The first-order valence-corrected chi connectivity index (χ1v) is 6.08. The normalized spacial score (nSPS) is 11.0. The largest absolute Gasteiger partial charge is 0.256 e. The second-order valence-corrected chi connectivity index (χ2v) is 4.28. The van der Waals surface area contributed by atoms with E-state index in [9.17, 15) is 0 Å². The van der Waals surface area contributed by atoms with E-state index in [0.29, 0.717) is 16.6 Å². The second kappa shape index (κ2) is 4.27. The smallest absolute Gasteiger partial charge is 0.143 e. The number of hydrogen-bond donors (Lipinski definition) is 0. The molecule has 0 saturated carbocycles. The zero-order valence-corrected chi connectivity index (χ0v) is 10.3. The molecular formula is C14H8N6. The molecule has 6 heteroatoms. The molecule has 0 N–H and O–H groups in total. The van der Waals surface area contributed by atoms with Gasteiger partial charge in [-0.15, -0.1) is 15.3 Å². The molecule has 20 heavy (non-hydrogen) atoms. The molecule has 0 radical (unpaired) electrons. The van der Waals surface area contributed by atoms with Crippen LogP contribution in [0.15, 0.2) is 48.8 Å². The van der Waals surface area contributed by atoms with Gasteiger partial charge in [0.1, 0.15) is 16.6 Å². The van der Waals surface area contributed by atoms with Gasteiger partial charge in [-0.2, -0.15) is 5.10 Å². The van der Waals surface area contributed by atoms with Crippen LogP contribution in [0, 0.1) is 0 Å². The molecular weight excluding hydrogens is 252 g/mol. The van der Waals surface area contributed by atoms with Crippen LogP contribution in [0.2, 0.25) is 0 Å². The maximum atomic E-state index is 4.39.